The van der Waals surface area contributed by atoms with Crippen LogP contribution in [0.5, 0.6) is 5.75 Å². The monoisotopic (exact) mass is 545 g/mol. The fraction of sp³-hybridized carbons (Fsp3) is 0.464. The summed E-state index contributed by atoms with van der Waals surface area (Å²) in [5, 5.41) is 12.4. The van der Waals surface area contributed by atoms with Crippen molar-refractivity contribution in [1.29, 1.82) is 10.9 Å². The van der Waals surface area contributed by atoms with Crippen LogP contribution in [-0.4, -0.2) is 35.1 Å². The summed E-state index contributed by atoms with van der Waals surface area (Å²) in [5.41, 5.74) is 8.64. The molecular formula is C28H34F3N5O3. The molecule has 210 valence electrons. The smallest absolute Gasteiger partial charge is 0.406 e. The molecule has 0 atom stereocenters. The zero-order chi connectivity index (χ0) is 28.8. The van der Waals surface area contributed by atoms with Crippen molar-refractivity contribution in [3.63, 3.8) is 0 Å². The number of halogens is 3. The van der Waals surface area contributed by atoms with E-state index >= 15 is 0 Å². The highest BCUT2D eigenvalue weighted by Crippen LogP contribution is 2.39. The van der Waals surface area contributed by atoms with E-state index < -0.39 is 18.2 Å². The number of rotatable bonds is 7. The van der Waals surface area contributed by atoms with Gasteiger partial charge in [-0.3, -0.25) is 20.3 Å². The highest BCUT2D eigenvalue weighted by molar-refractivity contribution is 6.04. The lowest BCUT2D eigenvalue weighted by atomic mass is 9.71. The Hall–Kier alpha value is -3.76. The second kappa shape index (κ2) is 12.4. The zero-order valence-electron chi connectivity index (χ0n) is 22.3. The van der Waals surface area contributed by atoms with Crippen LogP contribution in [0.2, 0.25) is 0 Å². The zero-order valence-corrected chi connectivity index (χ0v) is 22.3. The normalized spacial score (nSPS) is 17.7. The summed E-state index contributed by atoms with van der Waals surface area (Å²) < 4.78 is 41.4. The SMILES string of the molecule is CC(C)(C)C1CCC(N(Cc2ccc(C(=O)NC(=N)N=N)cc2)C(=O)Cc2ccc(OC(F)(F)F)cc2)CC1. The molecule has 3 N–H and O–H groups in total. The van der Waals surface area contributed by atoms with Crippen molar-refractivity contribution in [3.05, 3.63) is 65.2 Å². The van der Waals surface area contributed by atoms with E-state index in [1.54, 1.807) is 24.3 Å². The van der Waals surface area contributed by atoms with Gasteiger partial charge in [0, 0.05) is 18.2 Å². The molecule has 1 saturated carbocycles. The first-order chi connectivity index (χ1) is 18.2. The number of guanidine groups is 1. The Labute approximate surface area is 225 Å². The molecule has 8 nitrogen and oxygen atoms in total. The molecule has 0 aliphatic heterocycles. The van der Waals surface area contributed by atoms with Gasteiger partial charge in [-0.15, -0.1) is 18.3 Å². The van der Waals surface area contributed by atoms with E-state index in [1.807, 2.05) is 4.90 Å². The lowest BCUT2D eigenvalue weighted by molar-refractivity contribution is -0.274. The largest absolute Gasteiger partial charge is 0.573 e. The Morgan fingerprint density at radius 1 is 0.974 bits per heavy atom. The number of alkyl halides is 3. The van der Waals surface area contributed by atoms with Crippen LogP contribution in [0.25, 0.3) is 0 Å². The number of carbonyl (C=O) groups is 2. The maximum atomic E-state index is 13.5. The Morgan fingerprint density at radius 3 is 2.05 bits per heavy atom. The van der Waals surface area contributed by atoms with Crippen molar-refractivity contribution >= 4 is 17.8 Å². The van der Waals surface area contributed by atoms with Crippen LogP contribution in [0.3, 0.4) is 0 Å². The van der Waals surface area contributed by atoms with Gasteiger partial charge in [0.1, 0.15) is 5.75 Å². The van der Waals surface area contributed by atoms with Crippen LogP contribution >= 0.6 is 0 Å². The van der Waals surface area contributed by atoms with E-state index in [9.17, 15) is 22.8 Å². The first-order valence-electron chi connectivity index (χ1n) is 12.8. The van der Waals surface area contributed by atoms with Gasteiger partial charge in [-0.05, 0) is 72.4 Å². The quantitative estimate of drug-likeness (QED) is 0.211. The number of carbonyl (C=O) groups excluding carboxylic acids is 2. The van der Waals surface area contributed by atoms with Crippen LogP contribution in [-0.2, 0) is 17.8 Å². The number of hydrogen-bond donors (Lipinski definition) is 3. The number of amides is 2. The lowest BCUT2D eigenvalue weighted by Gasteiger charge is -2.41. The summed E-state index contributed by atoms with van der Waals surface area (Å²) in [4.78, 5) is 27.6. The number of hydrogen-bond acceptors (Lipinski definition) is 5. The first-order valence-corrected chi connectivity index (χ1v) is 12.8. The maximum Gasteiger partial charge on any atom is 0.573 e. The van der Waals surface area contributed by atoms with Gasteiger partial charge in [0.05, 0.1) is 6.42 Å². The average molecular weight is 546 g/mol. The summed E-state index contributed by atoms with van der Waals surface area (Å²) in [6.45, 7) is 7.00. The van der Waals surface area contributed by atoms with Crippen LogP contribution in [0.4, 0.5) is 13.2 Å². The van der Waals surface area contributed by atoms with Crippen molar-refractivity contribution in [3.8, 4) is 5.75 Å². The van der Waals surface area contributed by atoms with Gasteiger partial charge in [0.2, 0.25) is 11.9 Å². The highest BCUT2D eigenvalue weighted by Gasteiger charge is 2.34. The topological polar surface area (TPSA) is 119 Å². The molecule has 2 aromatic carbocycles. The standard InChI is InChI=1S/C28H34F3N5O3/c1-27(2,3)21-10-12-22(13-11-21)36(17-19-4-8-20(9-5-19)25(38)34-26(32)35-33)24(37)16-18-6-14-23(15-7-18)39-28(29,30)31/h4-9,14-15,21-22,33H,10-13,16-17H2,1-3H3,(H2,32,34,38). The summed E-state index contributed by atoms with van der Waals surface area (Å²) >= 11 is 0. The Morgan fingerprint density at radius 2 is 1.54 bits per heavy atom. The van der Waals surface area contributed by atoms with Crippen LogP contribution in [0.1, 0.15) is 67.9 Å². The fourth-order valence-electron chi connectivity index (χ4n) is 4.93. The molecular weight excluding hydrogens is 511 g/mol. The van der Waals surface area contributed by atoms with E-state index in [0.29, 0.717) is 18.0 Å². The molecule has 0 radical (unpaired) electrons. The number of benzene rings is 2. The summed E-state index contributed by atoms with van der Waals surface area (Å²) in [6, 6.07) is 12.0. The molecule has 1 aliphatic rings. The van der Waals surface area contributed by atoms with Crippen molar-refractivity contribution in [2.45, 2.75) is 71.8 Å². The predicted molar refractivity (Wildman–Crippen MR) is 139 cm³/mol. The van der Waals surface area contributed by atoms with Crippen LogP contribution < -0.4 is 10.1 Å². The van der Waals surface area contributed by atoms with E-state index in [-0.39, 0.29) is 35.1 Å². The minimum atomic E-state index is -4.78. The Bertz CT molecular complexity index is 1170. The fourth-order valence-corrected chi connectivity index (χ4v) is 4.93. The van der Waals surface area contributed by atoms with Crippen molar-refractivity contribution in [2.24, 2.45) is 16.4 Å². The molecule has 2 aromatic rings. The number of ether oxygens (including phenoxy) is 1. The van der Waals surface area contributed by atoms with Crippen LogP contribution in [0, 0.1) is 22.3 Å². The molecule has 0 aromatic heterocycles. The average Bonchev–Trinajstić information content (AvgIpc) is 2.87. The molecule has 39 heavy (non-hydrogen) atoms. The van der Waals surface area contributed by atoms with Gasteiger partial charge >= 0.3 is 6.36 Å². The summed E-state index contributed by atoms with van der Waals surface area (Å²) in [6.07, 6.45) is -1.06. The van der Waals surface area contributed by atoms with Gasteiger partial charge in [0.25, 0.3) is 5.91 Å². The molecule has 11 heteroatoms. The van der Waals surface area contributed by atoms with Crippen molar-refractivity contribution in [2.75, 3.05) is 0 Å². The molecule has 1 aliphatic carbocycles. The molecule has 0 saturated heterocycles. The van der Waals surface area contributed by atoms with E-state index in [2.05, 4.69) is 35.9 Å². The second-order valence-corrected chi connectivity index (χ2v) is 10.9. The predicted octanol–water partition coefficient (Wildman–Crippen LogP) is 6.46. The minimum absolute atomic E-state index is 0.0195. The van der Waals surface area contributed by atoms with Gasteiger partial charge in [-0.2, -0.15) is 0 Å². The molecule has 0 bridgehead atoms. The number of nitrogens with zero attached hydrogens (tertiary/aromatic N) is 2. The van der Waals surface area contributed by atoms with Gasteiger partial charge in [-0.1, -0.05) is 45.0 Å². The highest BCUT2D eigenvalue weighted by atomic mass is 19.4. The third kappa shape index (κ3) is 8.90. The van der Waals surface area contributed by atoms with E-state index in [1.165, 1.54) is 24.3 Å². The third-order valence-corrected chi connectivity index (χ3v) is 7.11. The molecule has 1 fully saturated rings. The third-order valence-electron chi connectivity index (χ3n) is 7.11. The first kappa shape index (κ1) is 29.8. The Kier molecular flexibility index (Phi) is 9.47. The van der Waals surface area contributed by atoms with Crippen molar-refractivity contribution in [1.82, 2.24) is 10.2 Å². The second-order valence-electron chi connectivity index (χ2n) is 10.9. The summed E-state index contributed by atoms with van der Waals surface area (Å²) in [5.74, 6) is -1.05. The van der Waals surface area contributed by atoms with Crippen molar-refractivity contribution < 1.29 is 27.5 Å². The van der Waals surface area contributed by atoms with Gasteiger partial charge < -0.3 is 9.64 Å². The van der Waals surface area contributed by atoms with Crippen LogP contribution in [0.15, 0.2) is 53.6 Å². The maximum absolute atomic E-state index is 13.5. The molecule has 3 rings (SSSR count). The molecule has 0 spiro atoms. The van der Waals surface area contributed by atoms with E-state index in [4.69, 9.17) is 10.9 Å². The van der Waals surface area contributed by atoms with Gasteiger partial charge in [-0.25, -0.2) is 5.53 Å². The van der Waals surface area contributed by atoms with Gasteiger partial charge in [0.15, 0.2) is 0 Å². The number of nitrogens with one attached hydrogen (secondary N) is 3. The minimum Gasteiger partial charge on any atom is -0.406 e. The van der Waals surface area contributed by atoms with E-state index in [0.717, 1.165) is 31.2 Å². The lowest BCUT2D eigenvalue weighted by Crippen LogP contribution is -2.43. The molecule has 2 amide bonds. The molecule has 0 unspecified atom stereocenters. The Balaban J connectivity index is 1.75. The summed E-state index contributed by atoms with van der Waals surface area (Å²) in [7, 11) is 0. The molecule has 0 heterocycles.